The zero-order chi connectivity index (χ0) is 32.9. The van der Waals surface area contributed by atoms with Gasteiger partial charge in [0, 0.05) is 17.8 Å². The molecule has 4 aromatic rings. The van der Waals surface area contributed by atoms with Crippen LogP contribution in [0.15, 0.2) is 92.8 Å². The number of hydrazone groups is 2. The first-order valence-electron chi connectivity index (χ1n) is 13.7. The Morgan fingerprint density at radius 3 is 1.63 bits per heavy atom. The number of sulfonamides is 2. The number of ether oxygens (including phenoxy) is 2. The second kappa shape index (κ2) is 13.5. The van der Waals surface area contributed by atoms with Crippen LogP contribution in [0.4, 0.5) is 23.3 Å². The highest BCUT2D eigenvalue weighted by molar-refractivity contribution is 7.89. The average molecular weight is 666 g/mol. The van der Waals surface area contributed by atoms with E-state index in [4.69, 9.17) is 9.47 Å². The fourth-order valence-corrected chi connectivity index (χ4v) is 5.58. The Morgan fingerprint density at radius 2 is 1.15 bits per heavy atom. The third kappa shape index (κ3) is 7.57. The van der Waals surface area contributed by atoms with E-state index in [9.17, 15) is 16.8 Å². The van der Waals surface area contributed by atoms with Gasteiger partial charge >= 0.3 is 0 Å². The van der Waals surface area contributed by atoms with Gasteiger partial charge in [-0.25, -0.2) is 26.3 Å². The van der Waals surface area contributed by atoms with Crippen molar-refractivity contribution in [3.05, 3.63) is 83.9 Å². The van der Waals surface area contributed by atoms with Crippen molar-refractivity contribution in [3.8, 4) is 11.5 Å². The largest absolute Gasteiger partial charge is 0.454 e. The molecule has 0 fully saturated rings. The quantitative estimate of drug-likeness (QED) is 0.110. The molecule has 1 aliphatic heterocycles. The molecule has 1 aromatic heterocycles. The molecule has 1 aliphatic rings. The number of hydrogen-bond donors (Lipinski definition) is 5. The lowest BCUT2D eigenvalue weighted by Gasteiger charge is -2.11. The zero-order valence-electron chi connectivity index (χ0n) is 25.2. The van der Waals surface area contributed by atoms with Crippen LogP contribution < -0.4 is 35.1 Å². The van der Waals surface area contributed by atoms with Crippen LogP contribution in [0, 0.1) is 0 Å². The summed E-state index contributed by atoms with van der Waals surface area (Å²) in [6, 6.07) is 19.5. The summed E-state index contributed by atoms with van der Waals surface area (Å²) in [6.45, 7) is 3.67. The Morgan fingerprint density at radius 1 is 0.674 bits per heavy atom. The number of fused-ring (bicyclic) bond motifs is 1. The SMILES string of the molecule is CNS(=O)(=O)c1ccc(/C(C)=N\Nc2cc(N/N=C(/C)c3ccc(S(=O)(=O)NC)cc3)nc(Nc3ccc4c(c3)OCO4)n2)cc1. The summed E-state index contributed by atoms with van der Waals surface area (Å²) in [5.41, 5.74) is 9.04. The second-order valence-electron chi connectivity index (χ2n) is 9.74. The first-order valence-corrected chi connectivity index (χ1v) is 16.7. The Bertz CT molecular complexity index is 1900. The molecular formula is C29H31N9O6S2. The monoisotopic (exact) mass is 665 g/mol. The molecule has 0 spiro atoms. The molecule has 0 unspecified atom stereocenters. The topological polar surface area (TPSA) is 197 Å². The predicted molar refractivity (Wildman–Crippen MR) is 175 cm³/mol. The van der Waals surface area contributed by atoms with Crippen LogP contribution in [0.5, 0.6) is 11.5 Å². The van der Waals surface area contributed by atoms with Crippen molar-refractivity contribution in [2.75, 3.05) is 37.1 Å². The van der Waals surface area contributed by atoms with Gasteiger partial charge in [-0.2, -0.15) is 20.2 Å². The fraction of sp³-hybridized carbons (Fsp3) is 0.172. The lowest BCUT2D eigenvalue weighted by atomic mass is 10.1. The molecule has 46 heavy (non-hydrogen) atoms. The Hall–Kier alpha value is -5.10. The van der Waals surface area contributed by atoms with E-state index in [1.165, 1.54) is 38.4 Å². The molecule has 0 amide bonds. The average Bonchev–Trinajstić information content (AvgIpc) is 3.54. The van der Waals surface area contributed by atoms with Gasteiger partial charge in [0.15, 0.2) is 23.1 Å². The summed E-state index contributed by atoms with van der Waals surface area (Å²) in [5, 5.41) is 12.0. The number of nitrogens with zero attached hydrogens (tertiary/aromatic N) is 4. The van der Waals surface area contributed by atoms with Crippen LogP contribution in [0.1, 0.15) is 25.0 Å². The van der Waals surface area contributed by atoms with E-state index in [1.807, 2.05) is 0 Å². The molecule has 0 bridgehead atoms. The van der Waals surface area contributed by atoms with Gasteiger partial charge in [-0.1, -0.05) is 24.3 Å². The van der Waals surface area contributed by atoms with Crippen LogP contribution in [0.3, 0.4) is 0 Å². The Kier molecular flexibility index (Phi) is 9.47. The molecule has 5 rings (SSSR count). The fourth-order valence-electron chi connectivity index (χ4n) is 4.12. The van der Waals surface area contributed by atoms with Crippen LogP contribution in [0.25, 0.3) is 0 Å². The summed E-state index contributed by atoms with van der Waals surface area (Å²) < 4.78 is 63.6. The zero-order valence-corrected chi connectivity index (χ0v) is 26.8. The second-order valence-corrected chi connectivity index (χ2v) is 13.5. The summed E-state index contributed by atoms with van der Waals surface area (Å²) in [4.78, 5) is 9.32. The number of anilines is 4. The van der Waals surface area contributed by atoms with Gasteiger partial charge < -0.3 is 14.8 Å². The van der Waals surface area contributed by atoms with E-state index in [0.717, 1.165) is 0 Å². The molecule has 0 atom stereocenters. The highest BCUT2D eigenvalue weighted by Crippen LogP contribution is 2.35. The number of nitrogens with one attached hydrogen (secondary N) is 5. The molecule has 0 aliphatic carbocycles. The lowest BCUT2D eigenvalue weighted by Crippen LogP contribution is -2.18. The van der Waals surface area contributed by atoms with Crippen molar-refractivity contribution in [1.82, 2.24) is 19.4 Å². The summed E-state index contributed by atoms with van der Waals surface area (Å²) in [7, 11) is -4.42. The number of hydrogen-bond acceptors (Lipinski definition) is 13. The van der Waals surface area contributed by atoms with Gasteiger partial charge in [-0.3, -0.25) is 10.9 Å². The molecule has 240 valence electrons. The van der Waals surface area contributed by atoms with Crippen molar-refractivity contribution in [2.24, 2.45) is 10.2 Å². The number of rotatable bonds is 12. The molecule has 17 heteroatoms. The molecule has 0 saturated carbocycles. The molecular weight excluding hydrogens is 635 g/mol. The van der Waals surface area contributed by atoms with E-state index >= 15 is 0 Å². The van der Waals surface area contributed by atoms with Gasteiger partial charge in [-0.05, 0) is 75.5 Å². The van der Waals surface area contributed by atoms with Gasteiger partial charge in [0.05, 0.1) is 21.2 Å². The van der Waals surface area contributed by atoms with E-state index < -0.39 is 20.0 Å². The maximum atomic E-state index is 12.1. The number of aromatic nitrogens is 2. The third-order valence-electron chi connectivity index (χ3n) is 6.73. The summed E-state index contributed by atoms with van der Waals surface area (Å²) in [6.07, 6.45) is 0. The van der Waals surface area contributed by atoms with Crippen molar-refractivity contribution >= 4 is 54.7 Å². The summed E-state index contributed by atoms with van der Waals surface area (Å²) >= 11 is 0. The van der Waals surface area contributed by atoms with Crippen LogP contribution in [-0.2, 0) is 20.0 Å². The van der Waals surface area contributed by atoms with E-state index in [1.54, 1.807) is 62.4 Å². The molecule has 3 aromatic carbocycles. The predicted octanol–water partition coefficient (Wildman–Crippen LogP) is 3.44. The van der Waals surface area contributed by atoms with Crippen molar-refractivity contribution < 1.29 is 26.3 Å². The van der Waals surface area contributed by atoms with Crippen molar-refractivity contribution in [3.63, 3.8) is 0 Å². The highest BCUT2D eigenvalue weighted by Gasteiger charge is 2.15. The Balaban J connectivity index is 1.39. The molecule has 0 radical (unpaired) electrons. The lowest BCUT2D eigenvalue weighted by molar-refractivity contribution is 0.174. The summed E-state index contributed by atoms with van der Waals surface area (Å²) in [5.74, 6) is 2.08. The number of benzene rings is 3. The molecule has 2 heterocycles. The molecule has 5 N–H and O–H groups in total. The molecule has 15 nitrogen and oxygen atoms in total. The van der Waals surface area contributed by atoms with E-state index in [2.05, 4.69) is 45.8 Å². The van der Waals surface area contributed by atoms with E-state index in [0.29, 0.717) is 51.4 Å². The highest BCUT2D eigenvalue weighted by atomic mass is 32.2. The minimum Gasteiger partial charge on any atom is -0.454 e. The normalized spacial score (nSPS) is 13.4. The minimum atomic E-state index is -3.56. The van der Waals surface area contributed by atoms with Gasteiger partial charge in [0.1, 0.15) is 0 Å². The van der Waals surface area contributed by atoms with Crippen molar-refractivity contribution in [1.29, 1.82) is 0 Å². The van der Waals surface area contributed by atoms with Crippen molar-refractivity contribution in [2.45, 2.75) is 23.6 Å². The van der Waals surface area contributed by atoms with Crippen LogP contribution >= 0.6 is 0 Å². The maximum Gasteiger partial charge on any atom is 0.240 e. The third-order valence-corrected chi connectivity index (χ3v) is 9.59. The standard InChI is InChI=1S/C29H31N9O6S2/c1-18(20-5-10-23(11-6-20)45(39,40)30-3)35-37-27-16-28(34-29(33-27)32-22-9-14-25-26(15-22)44-17-43-25)38-36-19(2)21-7-12-24(13-8-21)46(41,42)31-4/h5-16,30-31H,17H2,1-4H3,(H3,32,33,34,37,38)/b35-18-,36-19-. The maximum absolute atomic E-state index is 12.1. The van der Waals surface area contributed by atoms with Gasteiger partial charge in [-0.15, -0.1) is 0 Å². The van der Waals surface area contributed by atoms with Gasteiger partial charge in [0.25, 0.3) is 0 Å². The minimum absolute atomic E-state index is 0.138. The first-order chi connectivity index (χ1) is 22.0. The van der Waals surface area contributed by atoms with E-state index in [-0.39, 0.29) is 22.5 Å². The Labute approximate surface area is 266 Å². The van der Waals surface area contributed by atoms with Gasteiger partial charge in [0.2, 0.25) is 32.8 Å². The molecule has 0 saturated heterocycles. The van der Waals surface area contributed by atoms with Crippen LogP contribution in [-0.4, -0.2) is 59.1 Å². The van der Waals surface area contributed by atoms with Crippen LogP contribution in [0.2, 0.25) is 0 Å². The first kappa shape index (κ1) is 32.3. The smallest absolute Gasteiger partial charge is 0.240 e.